The molecule has 0 atom stereocenters. The van der Waals surface area contributed by atoms with Crippen molar-refractivity contribution in [3.8, 4) is 0 Å². The smallest absolute Gasteiger partial charge is 0.191 e. The molecule has 0 saturated carbocycles. The molecular weight excluding hydrogens is 374 g/mol. The minimum atomic E-state index is 0.662. The molecule has 0 radical (unpaired) electrons. The van der Waals surface area contributed by atoms with Crippen molar-refractivity contribution >= 4 is 5.96 Å². The van der Waals surface area contributed by atoms with Gasteiger partial charge in [-0.25, -0.2) is 4.99 Å². The first-order valence-electron chi connectivity index (χ1n) is 11.0. The Bertz CT molecular complexity index is 830. The third-order valence-corrected chi connectivity index (χ3v) is 5.88. The number of guanidine groups is 1. The summed E-state index contributed by atoms with van der Waals surface area (Å²) >= 11 is 0. The molecule has 1 fully saturated rings. The van der Waals surface area contributed by atoms with E-state index >= 15 is 0 Å². The Morgan fingerprint density at radius 2 is 1.67 bits per heavy atom. The van der Waals surface area contributed by atoms with Gasteiger partial charge in [-0.2, -0.15) is 5.10 Å². The molecule has 2 heterocycles. The number of hydrogen-bond acceptors (Lipinski definition) is 4. The van der Waals surface area contributed by atoms with Crippen molar-refractivity contribution in [2.45, 2.75) is 40.4 Å². The van der Waals surface area contributed by atoms with Gasteiger partial charge in [-0.1, -0.05) is 24.3 Å². The summed E-state index contributed by atoms with van der Waals surface area (Å²) in [6.07, 6.45) is 0. The van der Waals surface area contributed by atoms with Gasteiger partial charge in [-0.3, -0.25) is 9.58 Å². The van der Waals surface area contributed by atoms with E-state index < -0.39 is 0 Å². The third-order valence-electron chi connectivity index (χ3n) is 5.88. The largest absolute Gasteiger partial charge is 0.357 e. The van der Waals surface area contributed by atoms with Gasteiger partial charge in [0.25, 0.3) is 0 Å². The zero-order valence-electron chi connectivity index (χ0n) is 19.2. The van der Waals surface area contributed by atoms with Crippen molar-refractivity contribution in [2.75, 3.05) is 39.8 Å². The number of rotatable bonds is 7. The fraction of sp³-hybridized carbons (Fsp3) is 0.565. The molecule has 7 heteroatoms. The average molecular weight is 412 g/mol. The highest BCUT2D eigenvalue weighted by Crippen LogP contribution is 2.12. The van der Waals surface area contributed by atoms with Gasteiger partial charge in [0.05, 0.1) is 12.2 Å². The summed E-state index contributed by atoms with van der Waals surface area (Å²) in [6, 6.07) is 8.89. The van der Waals surface area contributed by atoms with Crippen LogP contribution in [-0.2, 0) is 26.7 Å². The Hall–Kier alpha value is -2.38. The number of nitrogens with one attached hydrogen (secondary N) is 2. The van der Waals surface area contributed by atoms with Crippen LogP contribution in [-0.4, -0.2) is 65.3 Å². The van der Waals surface area contributed by atoms with E-state index in [1.165, 1.54) is 22.4 Å². The number of nitrogens with zero attached hydrogens (tertiary/aromatic N) is 5. The predicted octanol–water partition coefficient (Wildman–Crippen LogP) is 2.04. The van der Waals surface area contributed by atoms with Gasteiger partial charge in [0.15, 0.2) is 5.96 Å². The second-order valence-corrected chi connectivity index (χ2v) is 8.22. The van der Waals surface area contributed by atoms with Gasteiger partial charge in [-0.05, 0) is 38.9 Å². The zero-order valence-corrected chi connectivity index (χ0v) is 19.2. The van der Waals surface area contributed by atoms with E-state index in [0.717, 1.165) is 57.5 Å². The maximum absolute atomic E-state index is 4.77. The van der Waals surface area contributed by atoms with E-state index in [1.54, 1.807) is 0 Å². The van der Waals surface area contributed by atoms with Crippen molar-refractivity contribution < 1.29 is 0 Å². The minimum absolute atomic E-state index is 0.662. The SMILES string of the molecule is CCNC(=NCc1ccc(CN2CCN(C)CC2)cc1)NCc1c(C)nn(C)c1C. The predicted molar refractivity (Wildman–Crippen MR) is 124 cm³/mol. The van der Waals surface area contributed by atoms with Gasteiger partial charge in [0, 0.05) is 64.1 Å². The molecule has 0 unspecified atom stereocenters. The van der Waals surface area contributed by atoms with E-state index in [1.807, 2.05) is 11.7 Å². The number of hydrogen-bond donors (Lipinski definition) is 2. The number of piperazine rings is 1. The molecule has 1 aliphatic rings. The van der Waals surface area contributed by atoms with Crippen LogP contribution >= 0.6 is 0 Å². The first-order chi connectivity index (χ1) is 14.5. The van der Waals surface area contributed by atoms with Crippen LogP contribution in [0.25, 0.3) is 0 Å². The van der Waals surface area contributed by atoms with Gasteiger partial charge in [0.2, 0.25) is 0 Å². The molecule has 2 N–H and O–H groups in total. The molecule has 7 nitrogen and oxygen atoms in total. The van der Waals surface area contributed by atoms with Crippen LogP contribution < -0.4 is 10.6 Å². The van der Waals surface area contributed by atoms with Crippen molar-refractivity contribution in [1.82, 2.24) is 30.2 Å². The maximum Gasteiger partial charge on any atom is 0.191 e. The fourth-order valence-electron chi connectivity index (χ4n) is 3.77. The molecule has 1 saturated heterocycles. The third kappa shape index (κ3) is 6.06. The number of likely N-dealkylation sites (N-methyl/N-ethyl adjacent to an activating group) is 1. The number of benzene rings is 1. The van der Waals surface area contributed by atoms with Gasteiger partial charge in [0.1, 0.15) is 0 Å². The first-order valence-corrected chi connectivity index (χ1v) is 11.0. The Kier molecular flexibility index (Phi) is 7.87. The first kappa shape index (κ1) is 22.3. The van der Waals surface area contributed by atoms with Gasteiger partial charge in [-0.15, -0.1) is 0 Å². The van der Waals surface area contributed by atoms with Crippen molar-refractivity contribution in [2.24, 2.45) is 12.0 Å². The van der Waals surface area contributed by atoms with E-state index in [0.29, 0.717) is 6.54 Å². The summed E-state index contributed by atoms with van der Waals surface area (Å²) in [5, 5.41) is 11.3. The Balaban J connectivity index is 1.55. The van der Waals surface area contributed by atoms with Crippen LogP contribution in [0.1, 0.15) is 35.0 Å². The summed E-state index contributed by atoms with van der Waals surface area (Å²) in [5.41, 5.74) is 6.08. The normalized spacial score (nSPS) is 16.1. The van der Waals surface area contributed by atoms with Crippen molar-refractivity contribution in [1.29, 1.82) is 0 Å². The summed E-state index contributed by atoms with van der Waals surface area (Å²) < 4.78 is 1.93. The Labute approximate surface area is 181 Å². The molecule has 0 bridgehead atoms. The minimum Gasteiger partial charge on any atom is -0.357 e. The number of aryl methyl sites for hydroxylation is 2. The summed E-state index contributed by atoms with van der Waals surface area (Å²) in [4.78, 5) is 9.69. The second-order valence-electron chi connectivity index (χ2n) is 8.22. The van der Waals surface area contributed by atoms with E-state index in [-0.39, 0.29) is 0 Å². The van der Waals surface area contributed by atoms with E-state index in [9.17, 15) is 0 Å². The highest BCUT2D eigenvalue weighted by molar-refractivity contribution is 5.79. The molecule has 30 heavy (non-hydrogen) atoms. The lowest BCUT2D eigenvalue weighted by Crippen LogP contribution is -2.43. The standard InChI is InChI=1S/C23H37N7/c1-6-24-23(26-16-22-18(2)27-29(5)19(22)3)25-15-20-7-9-21(10-8-20)17-30-13-11-28(4)12-14-30/h7-10H,6,11-17H2,1-5H3,(H2,24,25,26). The zero-order chi connectivity index (χ0) is 21.5. The van der Waals surface area contributed by atoms with Crippen molar-refractivity contribution in [3.63, 3.8) is 0 Å². The molecule has 1 aromatic carbocycles. The van der Waals surface area contributed by atoms with Crippen LogP contribution in [0, 0.1) is 13.8 Å². The topological polar surface area (TPSA) is 60.7 Å². The lowest BCUT2D eigenvalue weighted by Gasteiger charge is -2.32. The molecule has 0 spiro atoms. The summed E-state index contributed by atoms with van der Waals surface area (Å²) in [5.74, 6) is 0.835. The molecule has 3 rings (SSSR count). The molecular formula is C23H37N7. The van der Waals surface area contributed by atoms with Crippen LogP contribution in [0.4, 0.5) is 0 Å². The Morgan fingerprint density at radius 3 is 2.27 bits per heavy atom. The summed E-state index contributed by atoms with van der Waals surface area (Å²) in [7, 11) is 4.18. The number of aliphatic imine (C=N–C) groups is 1. The number of aromatic nitrogens is 2. The average Bonchev–Trinajstić information content (AvgIpc) is 2.98. The summed E-state index contributed by atoms with van der Waals surface area (Å²) in [6.45, 7) is 14.1. The molecule has 0 amide bonds. The van der Waals surface area contributed by atoms with Crippen LogP contribution in [0.15, 0.2) is 29.3 Å². The Morgan fingerprint density at radius 1 is 1.00 bits per heavy atom. The maximum atomic E-state index is 4.77. The molecule has 1 aliphatic heterocycles. The van der Waals surface area contributed by atoms with Gasteiger partial charge < -0.3 is 15.5 Å². The highest BCUT2D eigenvalue weighted by Gasteiger charge is 2.13. The molecule has 164 valence electrons. The highest BCUT2D eigenvalue weighted by atomic mass is 15.3. The lowest BCUT2D eigenvalue weighted by molar-refractivity contribution is 0.148. The van der Waals surface area contributed by atoms with Crippen LogP contribution in [0.2, 0.25) is 0 Å². The van der Waals surface area contributed by atoms with Crippen molar-refractivity contribution in [3.05, 3.63) is 52.3 Å². The van der Waals surface area contributed by atoms with Crippen LogP contribution in [0.5, 0.6) is 0 Å². The lowest BCUT2D eigenvalue weighted by atomic mass is 10.1. The van der Waals surface area contributed by atoms with E-state index in [2.05, 4.69) is 77.6 Å². The molecule has 0 aliphatic carbocycles. The molecule has 2 aromatic rings. The monoisotopic (exact) mass is 411 g/mol. The van der Waals surface area contributed by atoms with E-state index in [4.69, 9.17) is 4.99 Å². The molecule has 1 aromatic heterocycles. The fourth-order valence-corrected chi connectivity index (χ4v) is 3.77. The van der Waals surface area contributed by atoms with Crippen LogP contribution in [0.3, 0.4) is 0 Å². The van der Waals surface area contributed by atoms with Gasteiger partial charge >= 0.3 is 0 Å². The quantitative estimate of drug-likeness (QED) is 0.539. The second kappa shape index (κ2) is 10.6.